The second kappa shape index (κ2) is 9.51. The number of benzene rings is 2. The first-order valence-corrected chi connectivity index (χ1v) is 10.4. The van der Waals surface area contributed by atoms with Crippen molar-refractivity contribution in [2.75, 3.05) is 25.5 Å². The number of hydrogen-bond donors (Lipinski definition) is 1. The second-order valence-corrected chi connectivity index (χ2v) is 7.33. The first kappa shape index (κ1) is 22.2. The summed E-state index contributed by atoms with van der Waals surface area (Å²) in [7, 11) is 1.63. The quantitative estimate of drug-likeness (QED) is 0.596. The molecule has 3 aromatic rings. The molecule has 2 aromatic carbocycles. The van der Waals surface area contributed by atoms with Gasteiger partial charge in [0.1, 0.15) is 5.75 Å². The van der Waals surface area contributed by atoms with Crippen LogP contribution in [0.25, 0.3) is 5.69 Å². The first-order valence-electron chi connectivity index (χ1n) is 10.4. The lowest BCUT2D eigenvalue weighted by atomic mass is 10.1. The Morgan fingerprint density at radius 3 is 2.13 bits per heavy atom. The number of methoxy groups -OCH3 is 1. The molecule has 0 aliphatic heterocycles. The SMILES string of the molecule is CCN(CC)C(=O)c1ccc(NC(=O)c2cc(C)n(-c3ccc(OC)cc3)c2C)cc1. The summed E-state index contributed by atoms with van der Waals surface area (Å²) in [6, 6.07) is 16.6. The number of hydrogen-bond acceptors (Lipinski definition) is 3. The van der Waals surface area contributed by atoms with Crippen molar-refractivity contribution in [3.63, 3.8) is 0 Å². The molecule has 1 heterocycles. The summed E-state index contributed by atoms with van der Waals surface area (Å²) in [4.78, 5) is 27.1. The van der Waals surface area contributed by atoms with Crippen molar-refractivity contribution in [1.82, 2.24) is 9.47 Å². The van der Waals surface area contributed by atoms with Gasteiger partial charge in [-0.25, -0.2) is 0 Å². The van der Waals surface area contributed by atoms with E-state index >= 15 is 0 Å². The average Bonchev–Trinajstić information content (AvgIpc) is 3.09. The van der Waals surface area contributed by atoms with Gasteiger partial charge in [-0.15, -0.1) is 0 Å². The fourth-order valence-electron chi connectivity index (χ4n) is 3.71. The molecule has 3 rings (SSSR count). The van der Waals surface area contributed by atoms with Crippen LogP contribution in [0.4, 0.5) is 5.69 Å². The largest absolute Gasteiger partial charge is 0.497 e. The first-order chi connectivity index (χ1) is 14.9. The Morgan fingerprint density at radius 2 is 1.58 bits per heavy atom. The fraction of sp³-hybridized carbons (Fsp3) is 0.280. The molecule has 0 saturated heterocycles. The highest BCUT2D eigenvalue weighted by Gasteiger charge is 2.18. The lowest BCUT2D eigenvalue weighted by Gasteiger charge is -2.18. The van der Waals surface area contributed by atoms with Gasteiger partial charge in [-0.05, 0) is 82.3 Å². The maximum atomic E-state index is 12.9. The molecule has 0 atom stereocenters. The highest BCUT2D eigenvalue weighted by atomic mass is 16.5. The minimum absolute atomic E-state index is 0.00841. The lowest BCUT2D eigenvalue weighted by Crippen LogP contribution is -2.30. The zero-order valence-corrected chi connectivity index (χ0v) is 18.7. The van der Waals surface area contributed by atoms with Crippen LogP contribution in [0.1, 0.15) is 46.0 Å². The number of carbonyl (C=O) groups excluding carboxylic acids is 2. The zero-order valence-electron chi connectivity index (χ0n) is 18.7. The number of carbonyl (C=O) groups is 2. The predicted molar refractivity (Wildman–Crippen MR) is 123 cm³/mol. The topological polar surface area (TPSA) is 63.6 Å². The van der Waals surface area contributed by atoms with E-state index in [2.05, 4.69) is 5.32 Å². The van der Waals surface area contributed by atoms with E-state index in [-0.39, 0.29) is 11.8 Å². The lowest BCUT2D eigenvalue weighted by molar-refractivity contribution is 0.0773. The fourth-order valence-corrected chi connectivity index (χ4v) is 3.71. The summed E-state index contributed by atoms with van der Waals surface area (Å²) in [5.41, 5.74) is 4.65. The van der Waals surface area contributed by atoms with Gasteiger partial charge in [0.05, 0.1) is 12.7 Å². The molecule has 1 aromatic heterocycles. The molecule has 0 fully saturated rings. The summed E-state index contributed by atoms with van der Waals surface area (Å²) in [5, 5.41) is 2.94. The summed E-state index contributed by atoms with van der Waals surface area (Å²) in [5.74, 6) is 0.591. The molecule has 6 heteroatoms. The van der Waals surface area contributed by atoms with Crippen LogP contribution >= 0.6 is 0 Å². The molecular formula is C25H29N3O3. The van der Waals surface area contributed by atoms with Gasteiger partial charge in [-0.3, -0.25) is 9.59 Å². The van der Waals surface area contributed by atoms with Crippen molar-refractivity contribution in [2.45, 2.75) is 27.7 Å². The summed E-state index contributed by atoms with van der Waals surface area (Å²) in [6.07, 6.45) is 0. The summed E-state index contributed by atoms with van der Waals surface area (Å²) < 4.78 is 7.27. The van der Waals surface area contributed by atoms with Gasteiger partial charge in [0, 0.05) is 41.4 Å². The molecule has 1 N–H and O–H groups in total. The van der Waals surface area contributed by atoms with Crippen molar-refractivity contribution >= 4 is 17.5 Å². The minimum Gasteiger partial charge on any atom is -0.497 e. The van der Waals surface area contributed by atoms with Crippen LogP contribution < -0.4 is 10.1 Å². The van der Waals surface area contributed by atoms with Crippen LogP contribution in [-0.4, -0.2) is 41.5 Å². The van der Waals surface area contributed by atoms with E-state index < -0.39 is 0 Å². The van der Waals surface area contributed by atoms with Crippen LogP contribution in [0.3, 0.4) is 0 Å². The molecule has 0 saturated carbocycles. The smallest absolute Gasteiger partial charge is 0.257 e. The van der Waals surface area contributed by atoms with Crippen molar-refractivity contribution in [3.8, 4) is 11.4 Å². The second-order valence-electron chi connectivity index (χ2n) is 7.33. The Balaban J connectivity index is 1.78. The Hall–Kier alpha value is -3.54. The number of aryl methyl sites for hydroxylation is 1. The van der Waals surface area contributed by atoms with Gasteiger partial charge >= 0.3 is 0 Å². The Labute approximate surface area is 183 Å². The Morgan fingerprint density at radius 1 is 0.968 bits per heavy atom. The molecule has 162 valence electrons. The van der Waals surface area contributed by atoms with Crippen LogP contribution in [0, 0.1) is 13.8 Å². The number of aromatic nitrogens is 1. The minimum atomic E-state index is -0.185. The number of nitrogens with zero attached hydrogens (tertiary/aromatic N) is 2. The van der Waals surface area contributed by atoms with E-state index in [1.807, 2.05) is 62.6 Å². The molecule has 2 amide bonds. The average molecular weight is 420 g/mol. The summed E-state index contributed by atoms with van der Waals surface area (Å²) in [6.45, 7) is 9.14. The molecule has 0 unspecified atom stereocenters. The number of amides is 2. The highest BCUT2D eigenvalue weighted by molar-refractivity contribution is 6.05. The maximum absolute atomic E-state index is 12.9. The predicted octanol–water partition coefficient (Wildman–Crippen LogP) is 4.84. The highest BCUT2D eigenvalue weighted by Crippen LogP contribution is 2.24. The molecule has 0 spiro atoms. The third kappa shape index (κ3) is 4.63. The van der Waals surface area contributed by atoms with Crippen LogP contribution in [-0.2, 0) is 0 Å². The number of nitrogens with one attached hydrogen (secondary N) is 1. The zero-order chi connectivity index (χ0) is 22.5. The molecule has 0 radical (unpaired) electrons. The molecule has 0 aliphatic rings. The third-order valence-corrected chi connectivity index (χ3v) is 5.45. The van der Waals surface area contributed by atoms with E-state index in [0.29, 0.717) is 29.9 Å². The van der Waals surface area contributed by atoms with Gasteiger partial charge in [0.15, 0.2) is 0 Å². The van der Waals surface area contributed by atoms with E-state index in [9.17, 15) is 9.59 Å². The standard InChI is InChI=1S/C25H29N3O3/c1-6-27(7-2)25(30)19-8-10-20(11-9-19)26-24(29)23-16-17(3)28(18(23)4)21-12-14-22(31-5)15-13-21/h8-16H,6-7H2,1-5H3,(H,26,29). The van der Waals surface area contributed by atoms with E-state index in [1.54, 1.807) is 36.3 Å². The Bertz CT molecular complexity index is 1060. The van der Waals surface area contributed by atoms with Gasteiger partial charge in [0.2, 0.25) is 0 Å². The normalized spacial score (nSPS) is 10.6. The number of ether oxygens (including phenoxy) is 1. The molecule has 0 bridgehead atoms. The number of anilines is 1. The van der Waals surface area contributed by atoms with E-state index in [1.165, 1.54) is 0 Å². The van der Waals surface area contributed by atoms with Gasteiger partial charge < -0.3 is 19.5 Å². The molecular weight excluding hydrogens is 390 g/mol. The Kier molecular flexibility index (Phi) is 6.80. The molecule has 0 aliphatic carbocycles. The molecule has 31 heavy (non-hydrogen) atoms. The van der Waals surface area contributed by atoms with E-state index in [4.69, 9.17) is 4.74 Å². The van der Waals surface area contributed by atoms with Gasteiger partial charge in [0.25, 0.3) is 11.8 Å². The van der Waals surface area contributed by atoms with Crippen LogP contribution in [0.5, 0.6) is 5.75 Å². The van der Waals surface area contributed by atoms with Crippen molar-refractivity contribution in [3.05, 3.63) is 77.1 Å². The van der Waals surface area contributed by atoms with Gasteiger partial charge in [-0.1, -0.05) is 0 Å². The monoisotopic (exact) mass is 419 g/mol. The number of rotatable bonds is 7. The van der Waals surface area contributed by atoms with Crippen molar-refractivity contribution in [2.24, 2.45) is 0 Å². The molecule has 6 nitrogen and oxygen atoms in total. The van der Waals surface area contributed by atoms with Crippen molar-refractivity contribution < 1.29 is 14.3 Å². The van der Waals surface area contributed by atoms with Crippen LogP contribution in [0.15, 0.2) is 54.6 Å². The summed E-state index contributed by atoms with van der Waals surface area (Å²) >= 11 is 0. The van der Waals surface area contributed by atoms with E-state index in [0.717, 1.165) is 22.8 Å². The van der Waals surface area contributed by atoms with Crippen LogP contribution in [0.2, 0.25) is 0 Å². The third-order valence-electron chi connectivity index (χ3n) is 5.45. The maximum Gasteiger partial charge on any atom is 0.257 e. The van der Waals surface area contributed by atoms with Crippen molar-refractivity contribution in [1.29, 1.82) is 0 Å². The van der Waals surface area contributed by atoms with Gasteiger partial charge in [-0.2, -0.15) is 0 Å².